The molecule has 2 rings (SSSR count). The van der Waals surface area contributed by atoms with Crippen molar-refractivity contribution in [3.8, 4) is 5.75 Å². The fourth-order valence-corrected chi connectivity index (χ4v) is 4.27. The zero-order chi connectivity index (χ0) is 15.0. The van der Waals surface area contributed by atoms with E-state index in [0.717, 1.165) is 12.8 Å². The van der Waals surface area contributed by atoms with Gasteiger partial charge in [0.15, 0.2) is 0 Å². The largest absolute Gasteiger partial charge is 0.495 e. The zero-order valence-electron chi connectivity index (χ0n) is 10.7. The number of rotatable bonds is 6. The number of halogens is 1. The molecule has 1 aliphatic carbocycles. The number of hydrogen-bond acceptors (Lipinski definition) is 5. The van der Waals surface area contributed by atoms with Crippen molar-refractivity contribution < 1.29 is 21.6 Å². The minimum atomic E-state index is -3.95. The van der Waals surface area contributed by atoms with E-state index in [9.17, 15) is 16.8 Å². The zero-order valence-corrected chi connectivity index (χ0v) is 13.1. The van der Waals surface area contributed by atoms with E-state index in [0.29, 0.717) is 0 Å². The van der Waals surface area contributed by atoms with Crippen LogP contribution in [-0.4, -0.2) is 29.7 Å². The lowest BCUT2D eigenvalue weighted by molar-refractivity contribution is 0.403. The molecular weight excluding hydrogens is 326 g/mol. The third kappa shape index (κ3) is 4.00. The van der Waals surface area contributed by atoms with Crippen LogP contribution in [0.25, 0.3) is 0 Å². The van der Waals surface area contributed by atoms with Crippen molar-refractivity contribution in [1.82, 2.24) is 0 Å². The molecule has 0 atom stereocenters. The molecule has 1 saturated carbocycles. The van der Waals surface area contributed by atoms with Crippen LogP contribution in [0, 0.1) is 5.92 Å². The number of anilines is 1. The van der Waals surface area contributed by atoms with Gasteiger partial charge < -0.3 is 4.74 Å². The SMILES string of the molecule is COc1cc(NS(=O)(=O)CC2CC2)ccc1S(=O)(=O)Cl. The third-order valence-corrected chi connectivity index (χ3v) is 5.67. The highest BCUT2D eigenvalue weighted by atomic mass is 35.7. The van der Waals surface area contributed by atoms with Crippen molar-refractivity contribution in [3.63, 3.8) is 0 Å². The monoisotopic (exact) mass is 339 g/mol. The van der Waals surface area contributed by atoms with Gasteiger partial charge in [-0.15, -0.1) is 0 Å². The molecular formula is C11H14ClNO5S2. The molecule has 0 unspecified atom stereocenters. The molecule has 1 fully saturated rings. The summed E-state index contributed by atoms with van der Waals surface area (Å²) < 4.78 is 53.6. The quantitative estimate of drug-likeness (QED) is 0.798. The molecule has 1 aliphatic rings. The first-order valence-electron chi connectivity index (χ1n) is 5.84. The number of nitrogens with one attached hydrogen (secondary N) is 1. The molecule has 0 aromatic heterocycles. The Labute approximate surface area is 122 Å². The highest BCUT2D eigenvalue weighted by Crippen LogP contribution is 2.32. The molecule has 0 spiro atoms. The lowest BCUT2D eigenvalue weighted by atomic mass is 10.3. The lowest BCUT2D eigenvalue weighted by Crippen LogP contribution is -2.17. The number of benzene rings is 1. The fraction of sp³-hybridized carbons (Fsp3) is 0.455. The van der Waals surface area contributed by atoms with Gasteiger partial charge in [0, 0.05) is 16.7 Å². The molecule has 0 amide bonds. The Bertz CT molecular complexity index is 710. The summed E-state index contributed by atoms with van der Waals surface area (Å²) in [6.07, 6.45) is 1.85. The molecule has 20 heavy (non-hydrogen) atoms. The maximum Gasteiger partial charge on any atom is 0.264 e. The average Bonchev–Trinajstić information content (AvgIpc) is 3.09. The van der Waals surface area contributed by atoms with Gasteiger partial charge >= 0.3 is 0 Å². The number of methoxy groups -OCH3 is 1. The lowest BCUT2D eigenvalue weighted by Gasteiger charge is -2.11. The Balaban J connectivity index is 2.25. The molecule has 1 aromatic rings. The second-order valence-corrected chi connectivity index (χ2v) is 8.93. The second-order valence-electron chi connectivity index (χ2n) is 4.63. The summed E-state index contributed by atoms with van der Waals surface area (Å²) in [7, 11) is -0.838. The van der Waals surface area contributed by atoms with Crippen LogP contribution < -0.4 is 9.46 Å². The average molecular weight is 340 g/mol. The van der Waals surface area contributed by atoms with Crippen LogP contribution in [0.5, 0.6) is 5.75 Å². The Morgan fingerprint density at radius 2 is 1.95 bits per heavy atom. The van der Waals surface area contributed by atoms with Crippen LogP contribution in [0.4, 0.5) is 5.69 Å². The van der Waals surface area contributed by atoms with Gasteiger partial charge in [-0.25, -0.2) is 16.8 Å². The van der Waals surface area contributed by atoms with E-state index in [1.807, 2.05) is 0 Å². The first-order valence-corrected chi connectivity index (χ1v) is 9.80. The molecule has 6 nitrogen and oxygen atoms in total. The molecule has 112 valence electrons. The van der Waals surface area contributed by atoms with Gasteiger partial charge in [-0.2, -0.15) is 0 Å². The minimum Gasteiger partial charge on any atom is -0.495 e. The summed E-state index contributed by atoms with van der Waals surface area (Å²) in [5.41, 5.74) is 0.242. The van der Waals surface area contributed by atoms with Gasteiger partial charge in [0.2, 0.25) is 10.0 Å². The summed E-state index contributed by atoms with van der Waals surface area (Å²) >= 11 is 0. The Morgan fingerprint density at radius 1 is 1.30 bits per heavy atom. The van der Waals surface area contributed by atoms with Crippen LogP contribution in [0.15, 0.2) is 23.1 Å². The van der Waals surface area contributed by atoms with Gasteiger partial charge in [-0.05, 0) is 30.9 Å². The summed E-state index contributed by atoms with van der Waals surface area (Å²) in [4.78, 5) is -0.202. The van der Waals surface area contributed by atoms with Crippen LogP contribution in [0.1, 0.15) is 12.8 Å². The van der Waals surface area contributed by atoms with Crippen molar-refractivity contribution in [2.24, 2.45) is 5.92 Å². The smallest absolute Gasteiger partial charge is 0.264 e. The fourth-order valence-electron chi connectivity index (χ4n) is 1.75. The first kappa shape index (κ1) is 15.4. The standard InChI is InChI=1S/C11H14ClNO5S2/c1-18-10-6-9(4-5-11(10)20(12,16)17)13-19(14,15)7-8-2-3-8/h4-6,8,13H,2-3,7H2,1H3. The number of hydrogen-bond donors (Lipinski definition) is 1. The topological polar surface area (TPSA) is 89.5 Å². The molecule has 0 aliphatic heterocycles. The number of sulfonamides is 1. The van der Waals surface area contributed by atoms with E-state index in [1.54, 1.807) is 0 Å². The van der Waals surface area contributed by atoms with Crippen molar-refractivity contribution >= 4 is 35.4 Å². The van der Waals surface area contributed by atoms with Gasteiger partial charge in [0.05, 0.1) is 18.6 Å². The van der Waals surface area contributed by atoms with Crippen molar-refractivity contribution in [1.29, 1.82) is 0 Å². The van der Waals surface area contributed by atoms with E-state index >= 15 is 0 Å². The predicted octanol–water partition coefficient (Wildman–Crippen LogP) is 1.77. The molecule has 9 heteroatoms. The van der Waals surface area contributed by atoms with Gasteiger partial charge in [0.1, 0.15) is 10.6 Å². The van der Waals surface area contributed by atoms with Crippen molar-refractivity contribution in [2.45, 2.75) is 17.7 Å². The maximum atomic E-state index is 11.8. The summed E-state index contributed by atoms with van der Waals surface area (Å²) in [6.45, 7) is 0. The maximum absolute atomic E-state index is 11.8. The molecule has 0 heterocycles. The Kier molecular flexibility index (Phi) is 4.17. The Morgan fingerprint density at radius 3 is 2.45 bits per heavy atom. The summed E-state index contributed by atoms with van der Waals surface area (Å²) in [5.74, 6) is 0.286. The van der Waals surface area contributed by atoms with E-state index in [2.05, 4.69) is 4.72 Å². The third-order valence-electron chi connectivity index (χ3n) is 2.85. The summed E-state index contributed by atoms with van der Waals surface area (Å²) in [6, 6.07) is 3.83. The molecule has 1 aromatic carbocycles. The molecule has 0 bridgehead atoms. The molecule has 0 saturated heterocycles. The normalized spacial score (nSPS) is 15.9. The van der Waals surface area contributed by atoms with Gasteiger partial charge in [-0.1, -0.05) is 0 Å². The first-order chi connectivity index (χ1) is 9.21. The van der Waals surface area contributed by atoms with E-state index in [4.69, 9.17) is 15.4 Å². The van der Waals surface area contributed by atoms with E-state index in [1.165, 1.54) is 25.3 Å². The van der Waals surface area contributed by atoms with E-state index in [-0.39, 0.29) is 28.0 Å². The van der Waals surface area contributed by atoms with Crippen molar-refractivity contribution in [2.75, 3.05) is 17.6 Å². The summed E-state index contributed by atoms with van der Waals surface area (Å²) in [5, 5.41) is 0. The van der Waals surface area contributed by atoms with E-state index < -0.39 is 19.1 Å². The molecule has 0 radical (unpaired) electrons. The number of ether oxygens (including phenoxy) is 1. The van der Waals surface area contributed by atoms with Crippen LogP contribution in [-0.2, 0) is 19.1 Å². The van der Waals surface area contributed by atoms with Crippen LogP contribution in [0.2, 0.25) is 0 Å². The van der Waals surface area contributed by atoms with Crippen molar-refractivity contribution in [3.05, 3.63) is 18.2 Å². The van der Waals surface area contributed by atoms with Gasteiger partial charge in [0.25, 0.3) is 9.05 Å². The minimum absolute atomic E-state index is 0.00776. The second kappa shape index (κ2) is 5.42. The Hall–Kier alpha value is -0.990. The predicted molar refractivity (Wildman–Crippen MR) is 76.2 cm³/mol. The highest BCUT2D eigenvalue weighted by Gasteiger charge is 2.28. The molecule has 1 N–H and O–H groups in total. The highest BCUT2D eigenvalue weighted by molar-refractivity contribution is 8.13. The van der Waals surface area contributed by atoms with Crippen LogP contribution >= 0.6 is 10.7 Å². The van der Waals surface area contributed by atoms with Gasteiger partial charge in [-0.3, -0.25) is 4.72 Å². The van der Waals surface area contributed by atoms with Crippen LogP contribution in [0.3, 0.4) is 0 Å².